The van der Waals surface area contributed by atoms with Gasteiger partial charge in [0.2, 0.25) is 11.5 Å². The van der Waals surface area contributed by atoms with Gasteiger partial charge in [0, 0.05) is 32.9 Å². The second-order valence-electron chi connectivity index (χ2n) is 8.00. The highest BCUT2D eigenvalue weighted by Crippen LogP contribution is 2.48. The van der Waals surface area contributed by atoms with E-state index in [-0.39, 0.29) is 5.91 Å². The molecule has 3 rings (SSSR count). The molecule has 0 atom stereocenters. The molecule has 0 spiro atoms. The number of piperidine rings is 1. The Hall–Kier alpha value is -2.97. The molecule has 8 heteroatoms. The second kappa shape index (κ2) is 11.8. The highest BCUT2D eigenvalue weighted by Gasteiger charge is 2.30. The van der Waals surface area contributed by atoms with Crippen LogP contribution < -0.4 is 24.7 Å². The zero-order chi connectivity index (χ0) is 23.8. The van der Waals surface area contributed by atoms with E-state index < -0.39 is 0 Å². The Morgan fingerprint density at radius 2 is 1.61 bits per heavy atom. The highest BCUT2D eigenvalue weighted by atomic mass is 16.5. The molecule has 0 unspecified atom stereocenters. The van der Waals surface area contributed by atoms with Gasteiger partial charge in [-0.3, -0.25) is 4.79 Å². The van der Waals surface area contributed by atoms with E-state index in [0.29, 0.717) is 66.5 Å². The maximum absolute atomic E-state index is 13.5. The molecule has 180 valence electrons. The quantitative estimate of drug-likeness (QED) is 0.582. The van der Waals surface area contributed by atoms with Crippen LogP contribution >= 0.6 is 0 Å². The first kappa shape index (κ1) is 24.7. The number of nitrogens with zero attached hydrogens (tertiary/aromatic N) is 1. The lowest BCUT2D eigenvalue weighted by Crippen LogP contribution is -2.39. The van der Waals surface area contributed by atoms with Gasteiger partial charge in [0.1, 0.15) is 5.75 Å². The first-order valence-electron chi connectivity index (χ1n) is 11.1. The fourth-order valence-electron chi connectivity index (χ4n) is 4.14. The highest BCUT2D eigenvalue weighted by molar-refractivity contribution is 5.99. The molecule has 1 fully saturated rings. The van der Waals surface area contributed by atoms with Crippen LogP contribution in [0, 0.1) is 5.92 Å². The van der Waals surface area contributed by atoms with Crippen molar-refractivity contribution in [3.05, 3.63) is 41.5 Å². The van der Waals surface area contributed by atoms with Gasteiger partial charge in [-0.05, 0) is 49.4 Å². The maximum Gasteiger partial charge on any atom is 0.257 e. The van der Waals surface area contributed by atoms with Crippen LogP contribution in [-0.2, 0) is 11.2 Å². The summed E-state index contributed by atoms with van der Waals surface area (Å²) in [4.78, 5) is 15.3. The Balaban J connectivity index is 1.93. The van der Waals surface area contributed by atoms with Gasteiger partial charge in [-0.1, -0.05) is 12.1 Å². The zero-order valence-corrected chi connectivity index (χ0v) is 19.9. The number of nitrogens with two attached hydrogens (primary N) is 1. The van der Waals surface area contributed by atoms with Crippen LogP contribution in [0.1, 0.15) is 28.8 Å². The summed E-state index contributed by atoms with van der Waals surface area (Å²) in [5.74, 6) is 2.31. The van der Waals surface area contributed by atoms with E-state index in [1.807, 2.05) is 29.2 Å². The van der Waals surface area contributed by atoms with E-state index in [2.05, 4.69) is 0 Å². The molecule has 0 bridgehead atoms. The van der Waals surface area contributed by atoms with Gasteiger partial charge in [-0.25, -0.2) is 0 Å². The molecular formula is C25H34N2O6. The number of benzene rings is 2. The van der Waals surface area contributed by atoms with Crippen molar-refractivity contribution in [3.63, 3.8) is 0 Å². The third-order valence-corrected chi connectivity index (χ3v) is 5.89. The molecule has 1 aliphatic heterocycles. The molecular weight excluding hydrogens is 424 g/mol. The van der Waals surface area contributed by atoms with Gasteiger partial charge < -0.3 is 34.3 Å². The van der Waals surface area contributed by atoms with E-state index in [0.717, 1.165) is 24.8 Å². The molecule has 0 aliphatic carbocycles. The third kappa shape index (κ3) is 5.69. The normalized spacial score (nSPS) is 14.2. The number of amides is 1. The molecule has 0 radical (unpaired) electrons. The summed E-state index contributed by atoms with van der Waals surface area (Å²) in [5, 5.41) is 0. The fourth-order valence-corrected chi connectivity index (χ4v) is 4.14. The van der Waals surface area contributed by atoms with Crippen molar-refractivity contribution < 1.29 is 28.5 Å². The van der Waals surface area contributed by atoms with E-state index in [9.17, 15) is 4.79 Å². The van der Waals surface area contributed by atoms with Gasteiger partial charge in [-0.15, -0.1) is 0 Å². The Morgan fingerprint density at radius 3 is 2.15 bits per heavy atom. The van der Waals surface area contributed by atoms with Crippen LogP contribution in [-0.4, -0.2) is 65.5 Å². The summed E-state index contributed by atoms with van der Waals surface area (Å²) in [6.45, 7) is 2.61. The van der Waals surface area contributed by atoms with E-state index in [1.165, 1.54) is 21.3 Å². The van der Waals surface area contributed by atoms with Crippen molar-refractivity contribution in [1.29, 1.82) is 0 Å². The minimum atomic E-state index is -0.133. The first-order valence-corrected chi connectivity index (χ1v) is 11.1. The van der Waals surface area contributed by atoms with Crippen molar-refractivity contribution in [2.45, 2.75) is 19.3 Å². The summed E-state index contributed by atoms with van der Waals surface area (Å²) >= 11 is 0. The van der Waals surface area contributed by atoms with Crippen LogP contribution in [0.4, 0.5) is 0 Å². The van der Waals surface area contributed by atoms with Crippen molar-refractivity contribution in [2.24, 2.45) is 11.7 Å². The summed E-state index contributed by atoms with van der Waals surface area (Å²) in [6.07, 6.45) is 2.58. The van der Waals surface area contributed by atoms with Crippen LogP contribution in [0.25, 0.3) is 0 Å². The SMILES string of the molecule is COCC1CCN(C(=O)c2cc(Oc3ccc(CCN)cc3)c(OC)c(OC)c2OC)CC1. The molecule has 1 heterocycles. The van der Waals surface area contributed by atoms with Crippen LogP contribution in [0.3, 0.4) is 0 Å². The number of carbonyl (C=O) groups is 1. The Bertz CT molecular complexity index is 923. The van der Waals surface area contributed by atoms with Gasteiger partial charge >= 0.3 is 0 Å². The predicted molar refractivity (Wildman–Crippen MR) is 126 cm³/mol. The van der Waals surface area contributed by atoms with Crippen molar-refractivity contribution >= 4 is 5.91 Å². The maximum atomic E-state index is 13.5. The predicted octanol–water partition coefficient (Wildman–Crippen LogP) is 3.50. The van der Waals surface area contributed by atoms with Gasteiger partial charge in [0.25, 0.3) is 5.91 Å². The van der Waals surface area contributed by atoms with Gasteiger partial charge in [0.15, 0.2) is 11.5 Å². The van der Waals surface area contributed by atoms with Gasteiger partial charge in [-0.2, -0.15) is 0 Å². The van der Waals surface area contributed by atoms with Crippen LogP contribution in [0.15, 0.2) is 30.3 Å². The van der Waals surface area contributed by atoms with Crippen molar-refractivity contribution in [1.82, 2.24) is 4.90 Å². The van der Waals surface area contributed by atoms with E-state index in [4.69, 9.17) is 29.4 Å². The largest absolute Gasteiger partial charge is 0.492 e. The topological polar surface area (TPSA) is 92.5 Å². The molecule has 0 aromatic heterocycles. The molecule has 1 aliphatic rings. The molecule has 1 amide bonds. The standard InChI is InChI=1S/C25H34N2O6/c1-29-16-18-10-13-27(14-11-18)25(28)20-15-21(23(31-3)24(32-4)22(20)30-2)33-19-7-5-17(6-8-19)9-12-26/h5-8,15,18H,9-14,16,26H2,1-4H3. The number of carbonyl (C=O) groups excluding carboxylic acids is 1. The molecule has 2 aromatic carbocycles. The Morgan fingerprint density at radius 1 is 0.970 bits per heavy atom. The average molecular weight is 459 g/mol. The summed E-state index contributed by atoms with van der Waals surface area (Å²) in [6, 6.07) is 9.32. The number of ether oxygens (including phenoxy) is 5. The van der Waals surface area contributed by atoms with Crippen molar-refractivity contribution in [2.75, 3.05) is 54.7 Å². The monoisotopic (exact) mass is 458 g/mol. The molecule has 8 nitrogen and oxygen atoms in total. The number of hydrogen-bond acceptors (Lipinski definition) is 7. The van der Waals surface area contributed by atoms with Gasteiger partial charge in [0.05, 0.1) is 26.9 Å². The molecule has 0 saturated carbocycles. The number of rotatable bonds is 10. The van der Waals surface area contributed by atoms with Crippen LogP contribution in [0.2, 0.25) is 0 Å². The molecule has 1 saturated heterocycles. The minimum absolute atomic E-state index is 0.133. The number of hydrogen-bond donors (Lipinski definition) is 1. The van der Waals surface area contributed by atoms with E-state index in [1.54, 1.807) is 13.2 Å². The molecule has 2 N–H and O–H groups in total. The lowest BCUT2D eigenvalue weighted by Gasteiger charge is -2.32. The smallest absolute Gasteiger partial charge is 0.257 e. The summed E-state index contributed by atoms with van der Waals surface area (Å²) in [5.41, 5.74) is 7.13. The fraction of sp³-hybridized carbons (Fsp3) is 0.480. The average Bonchev–Trinajstić information content (AvgIpc) is 2.84. The van der Waals surface area contributed by atoms with Crippen molar-refractivity contribution in [3.8, 4) is 28.7 Å². The zero-order valence-electron chi connectivity index (χ0n) is 19.9. The second-order valence-corrected chi connectivity index (χ2v) is 8.00. The summed E-state index contributed by atoms with van der Waals surface area (Å²) < 4.78 is 28.1. The molecule has 33 heavy (non-hydrogen) atoms. The first-order chi connectivity index (χ1) is 16.1. The Kier molecular flexibility index (Phi) is 8.79. The summed E-state index contributed by atoms with van der Waals surface area (Å²) in [7, 11) is 6.25. The number of likely N-dealkylation sites (tertiary alicyclic amines) is 1. The minimum Gasteiger partial charge on any atom is -0.492 e. The van der Waals surface area contributed by atoms with E-state index >= 15 is 0 Å². The third-order valence-electron chi connectivity index (χ3n) is 5.89. The van der Waals surface area contributed by atoms with Crippen LogP contribution in [0.5, 0.6) is 28.7 Å². The molecule has 2 aromatic rings. The lowest BCUT2D eigenvalue weighted by atomic mass is 9.97. The number of methoxy groups -OCH3 is 4. The lowest BCUT2D eigenvalue weighted by molar-refractivity contribution is 0.0609. The Labute approximate surface area is 195 Å².